The van der Waals surface area contributed by atoms with Crippen molar-refractivity contribution in [2.24, 2.45) is 0 Å². The largest absolute Gasteiger partial charge is 0.460 e. The fourth-order valence-corrected chi connectivity index (χ4v) is 2.34. The molecular weight excluding hydrogens is 194 g/mol. The van der Waals surface area contributed by atoms with Gasteiger partial charge in [0, 0.05) is 12.2 Å². The minimum Gasteiger partial charge on any atom is -0.460 e. The lowest BCUT2D eigenvalue weighted by atomic mass is 10.0. The second-order valence-electron chi connectivity index (χ2n) is 4.04. The molecule has 0 amide bonds. The Morgan fingerprint density at radius 2 is 2.20 bits per heavy atom. The molecule has 0 radical (unpaired) electrons. The average Bonchev–Trinajstić information content (AvgIpc) is 2.65. The maximum Gasteiger partial charge on any atom is 0.310 e. The van der Waals surface area contributed by atoms with Crippen LogP contribution >= 0.6 is 0 Å². The molecule has 0 bridgehead atoms. The molecule has 4 nitrogen and oxygen atoms in total. The quantitative estimate of drug-likeness (QED) is 0.576. The van der Waals surface area contributed by atoms with Gasteiger partial charge in [0.25, 0.3) is 5.56 Å². The van der Waals surface area contributed by atoms with E-state index in [1.165, 1.54) is 0 Å². The Morgan fingerprint density at radius 3 is 3.07 bits per heavy atom. The Labute approximate surface area is 86.5 Å². The number of carbonyl (C=O) groups excluding carboxylic acids is 1. The van der Waals surface area contributed by atoms with Gasteiger partial charge in [-0.05, 0) is 24.5 Å². The molecular formula is C11H11NO3. The van der Waals surface area contributed by atoms with Crippen LogP contribution in [0.3, 0.4) is 0 Å². The van der Waals surface area contributed by atoms with Crippen LogP contribution in [-0.4, -0.2) is 10.5 Å². The summed E-state index contributed by atoms with van der Waals surface area (Å²) in [6.07, 6.45) is 2.21. The molecule has 2 aliphatic rings. The van der Waals surface area contributed by atoms with Gasteiger partial charge in [0.05, 0.1) is 12.0 Å². The fourth-order valence-electron chi connectivity index (χ4n) is 2.34. The molecule has 0 N–H and O–H groups in total. The number of cyclic esters (lactones) is 1. The van der Waals surface area contributed by atoms with Crippen molar-refractivity contribution in [2.75, 3.05) is 0 Å². The van der Waals surface area contributed by atoms with Crippen LogP contribution in [0, 0.1) is 0 Å². The first kappa shape index (κ1) is 8.71. The molecule has 0 fully saturated rings. The first-order valence-corrected chi connectivity index (χ1v) is 5.16. The van der Waals surface area contributed by atoms with E-state index in [-0.39, 0.29) is 24.6 Å². The number of carbonyl (C=O) groups is 1. The van der Waals surface area contributed by atoms with Gasteiger partial charge in [0.2, 0.25) is 0 Å². The summed E-state index contributed by atoms with van der Waals surface area (Å²) in [5, 5.41) is 0. The normalized spacial score (nSPS) is 18.3. The van der Waals surface area contributed by atoms with Crippen LogP contribution < -0.4 is 5.56 Å². The number of nitrogens with zero attached hydrogens (tertiary/aromatic N) is 1. The second-order valence-corrected chi connectivity index (χ2v) is 4.04. The number of ether oxygens (including phenoxy) is 1. The van der Waals surface area contributed by atoms with Crippen molar-refractivity contribution in [3.63, 3.8) is 0 Å². The number of hydrogen-bond donors (Lipinski definition) is 0. The molecule has 0 unspecified atom stereocenters. The maximum atomic E-state index is 12.0. The van der Waals surface area contributed by atoms with Crippen LogP contribution in [0.25, 0.3) is 0 Å². The van der Waals surface area contributed by atoms with Crippen LogP contribution in [0.4, 0.5) is 0 Å². The molecule has 78 valence electrons. The predicted octanol–water partition coefficient (Wildman–Crippen LogP) is 0.394. The van der Waals surface area contributed by atoms with E-state index in [9.17, 15) is 9.59 Å². The van der Waals surface area contributed by atoms with Crippen LogP contribution in [0.15, 0.2) is 10.9 Å². The minimum absolute atomic E-state index is 0.0347. The number of aromatic nitrogens is 1. The highest BCUT2D eigenvalue weighted by Gasteiger charge is 2.24. The smallest absolute Gasteiger partial charge is 0.310 e. The Kier molecular flexibility index (Phi) is 1.71. The number of hydrogen-bond acceptors (Lipinski definition) is 3. The zero-order valence-corrected chi connectivity index (χ0v) is 8.28. The molecule has 3 rings (SSSR count). The summed E-state index contributed by atoms with van der Waals surface area (Å²) in [5.41, 5.74) is 2.63. The third kappa shape index (κ3) is 1.21. The van der Waals surface area contributed by atoms with E-state index in [4.69, 9.17) is 4.74 Å². The summed E-state index contributed by atoms with van der Waals surface area (Å²) in [5.74, 6) is -0.232. The van der Waals surface area contributed by atoms with E-state index in [1.54, 1.807) is 4.57 Å². The number of rotatable bonds is 0. The van der Waals surface area contributed by atoms with E-state index >= 15 is 0 Å². The SMILES string of the molecule is O=C1Cc2cc3n(c(=O)c2CO1)CCC3. The third-order valence-corrected chi connectivity index (χ3v) is 3.11. The summed E-state index contributed by atoms with van der Waals surface area (Å²) in [6, 6.07) is 1.99. The molecule has 0 saturated heterocycles. The molecule has 2 aliphatic heterocycles. The average molecular weight is 205 g/mol. The molecule has 3 heterocycles. The molecule has 0 saturated carbocycles. The van der Waals surface area contributed by atoms with Crippen molar-refractivity contribution >= 4 is 5.97 Å². The van der Waals surface area contributed by atoms with Crippen molar-refractivity contribution in [1.82, 2.24) is 4.57 Å². The number of pyridine rings is 1. The zero-order valence-electron chi connectivity index (χ0n) is 8.28. The molecule has 0 spiro atoms. The van der Waals surface area contributed by atoms with Gasteiger partial charge in [-0.1, -0.05) is 0 Å². The predicted molar refractivity (Wildman–Crippen MR) is 52.5 cm³/mol. The van der Waals surface area contributed by atoms with Gasteiger partial charge in [-0.2, -0.15) is 0 Å². The lowest BCUT2D eigenvalue weighted by Gasteiger charge is -2.17. The van der Waals surface area contributed by atoms with Crippen molar-refractivity contribution in [2.45, 2.75) is 32.4 Å². The lowest BCUT2D eigenvalue weighted by Crippen LogP contribution is -2.30. The van der Waals surface area contributed by atoms with E-state index in [1.807, 2.05) is 6.07 Å². The van der Waals surface area contributed by atoms with E-state index in [0.29, 0.717) is 5.56 Å². The minimum atomic E-state index is -0.232. The number of esters is 1. The van der Waals surface area contributed by atoms with Crippen molar-refractivity contribution < 1.29 is 9.53 Å². The van der Waals surface area contributed by atoms with Gasteiger partial charge in [0.1, 0.15) is 6.61 Å². The lowest BCUT2D eigenvalue weighted by molar-refractivity contribution is -0.145. The summed E-state index contributed by atoms with van der Waals surface area (Å²) < 4.78 is 6.70. The van der Waals surface area contributed by atoms with Crippen LogP contribution in [0.2, 0.25) is 0 Å². The standard InChI is InChI=1S/C11H11NO3/c13-10-5-7-4-8-2-1-3-12(8)11(14)9(7)6-15-10/h4H,1-3,5-6H2. The van der Waals surface area contributed by atoms with E-state index in [0.717, 1.165) is 30.6 Å². The highest BCUT2D eigenvalue weighted by atomic mass is 16.5. The Hall–Kier alpha value is -1.58. The van der Waals surface area contributed by atoms with Crippen molar-refractivity contribution in [1.29, 1.82) is 0 Å². The van der Waals surface area contributed by atoms with Crippen LogP contribution in [0.1, 0.15) is 23.2 Å². The van der Waals surface area contributed by atoms with Gasteiger partial charge in [-0.15, -0.1) is 0 Å². The van der Waals surface area contributed by atoms with E-state index in [2.05, 4.69) is 0 Å². The molecule has 0 aromatic carbocycles. The van der Waals surface area contributed by atoms with Gasteiger partial charge in [0.15, 0.2) is 0 Å². The highest BCUT2D eigenvalue weighted by Crippen LogP contribution is 2.19. The summed E-state index contributed by atoms with van der Waals surface area (Å²) in [4.78, 5) is 23.1. The molecule has 1 aromatic heterocycles. The van der Waals surface area contributed by atoms with Gasteiger partial charge in [-0.25, -0.2) is 0 Å². The molecule has 15 heavy (non-hydrogen) atoms. The Balaban J connectivity index is 2.23. The Bertz CT molecular complexity index is 501. The monoisotopic (exact) mass is 205 g/mol. The maximum absolute atomic E-state index is 12.0. The molecule has 1 aromatic rings. The van der Waals surface area contributed by atoms with Gasteiger partial charge >= 0.3 is 5.97 Å². The van der Waals surface area contributed by atoms with Crippen molar-refractivity contribution in [3.05, 3.63) is 33.2 Å². The summed E-state index contributed by atoms with van der Waals surface area (Å²) >= 11 is 0. The fraction of sp³-hybridized carbons (Fsp3) is 0.455. The second kappa shape index (κ2) is 2.95. The topological polar surface area (TPSA) is 48.3 Å². The van der Waals surface area contributed by atoms with Crippen LogP contribution in [-0.2, 0) is 35.5 Å². The molecule has 4 heteroatoms. The van der Waals surface area contributed by atoms with Gasteiger partial charge < -0.3 is 9.30 Å². The number of fused-ring (bicyclic) bond motifs is 2. The summed E-state index contributed by atoms with van der Waals surface area (Å²) in [6.45, 7) is 0.947. The molecule has 0 atom stereocenters. The van der Waals surface area contributed by atoms with E-state index < -0.39 is 0 Å². The first-order valence-electron chi connectivity index (χ1n) is 5.16. The first-order chi connectivity index (χ1) is 7.25. The van der Waals surface area contributed by atoms with Gasteiger partial charge in [-0.3, -0.25) is 9.59 Å². The Morgan fingerprint density at radius 1 is 1.33 bits per heavy atom. The number of aryl methyl sites for hydroxylation is 1. The highest BCUT2D eigenvalue weighted by molar-refractivity contribution is 5.74. The van der Waals surface area contributed by atoms with Crippen LogP contribution in [0.5, 0.6) is 0 Å². The third-order valence-electron chi connectivity index (χ3n) is 3.11. The molecule has 0 aliphatic carbocycles. The zero-order chi connectivity index (χ0) is 10.4. The summed E-state index contributed by atoms with van der Waals surface area (Å²) in [7, 11) is 0. The van der Waals surface area contributed by atoms with Crippen molar-refractivity contribution in [3.8, 4) is 0 Å².